The van der Waals surface area contributed by atoms with Gasteiger partial charge < -0.3 is 4.52 Å². The minimum absolute atomic E-state index is 0.451. The number of hydrogen-bond acceptors (Lipinski definition) is 5. The molecule has 6 heteroatoms. The van der Waals surface area contributed by atoms with Gasteiger partial charge in [0.05, 0.1) is 18.8 Å². The van der Waals surface area contributed by atoms with E-state index in [0.717, 1.165) is 24.5 Å². The molecule has 2 aromatic heterocycles. The highest BCUT2D eigenvalue weighted by atomic mass is 16.5. The summed E-state index contributed by atoms with van der Waals surface area (Å²) >= 11 is 0. The van der Waals surface area contributed by atoms with Gasteiger partial charge in [-0.2, -0.15) is 10.1 Å². The van der Waals surface area contributed by atoms with E-state index < -0.39 is 0 Å². The van der Waals surface area contributed by atoms with Gasteiger partial charge in [-0.05, 0) is 31.5 Å². The van der Waals surface area contributed by atoms with Crippen molar-refractivity contribution in [1.29, 1.82) is 0 Å². The Morgan fingerprint density at radius 2 is 2.09 bits per heavy atom. The Kier molecular flexibility index (Phi) is 3.46. The minimum atomic E-state index is 0.451. The van der Waals surface area contributed by atoms with Crippen molar-refractivity contribution in [3.63, 3.8) is 0 Å². The first-order valence-electron chi connectivity index (χ1n) is 7.80. The van der Waals surface area contributed by atoms with Gasteiger partial charge in [0, 0.05) is 24.8 Å². The molecular weight excluding hydrogens is 290 g/mol. The van der Waals surface area contributed by atoms with Gasteiger partial charge in [0.2, 0.25) is 0 Å². The third kappa shape index (κ3) is 2.90. The van der Waals surface area contributed by atoms with Crippen LogP contribution in [0.15, 0.2) is 41.2 Å². The first-order chi connectivity index (χ1) is 11.2. The number of aryl methyl sites for hydroxylation is 2. The average molecular weight is 309 g/mol. The first kappa shape index (κ1) is 14.1. The van der Waals surface area contributed by atoms with Crippen molar-refractivity contribution in [1.82, 2.24) is 24.8 Å². The van der Waals surface area contributed by atoms with E-state index in [-0.39, 0.29) is 0 Å². The van der Waals surface area contributed by atoms with E-state index in [2.05, 4.69) is 52.3 Å². The Labute approximate surface area is 134 Å². The van der Waals surface area contributed by atoms with Gasteiger partial charge in [-0.1, -0.05) is 22.9 Å². The SMILES string of the molecule is Cc1cccc(-c2nc(CN3CC(n4cc(C)cn4)C3)no2)c1. The van der Waals surface area contributed by atoms with Crippen LogP contribution in [0.1, 0.15) is 23.0 Å². The summed E-state index contributed by atoms with van der Waals surface area (Å²) in [7, 11) is 0. The molecule has 23 heavy (non-hydrogen) atoms. The van der Waals surface area contributed by atoms with Gasteiger partial charge in [-0.3, -0.25) is 9.58 Å². The van der Waals surface area contributed by atoms with Crippen LogP contribution in [-0.2, 0) is 6.54 Å². The molecule has 6 nitrogen and oxygen atoms in total. The lowest BCUT2D eigenvalue weighted by Gasteiger charge is -2.38. The molecule has 1 aliphatic heterocycles. The molecule has 4 rings (SSSR count). The van der Waals surface area contributed by atoms with Crippen molar-refractivity contribution in [3.05, 3.63) is 53.6 Å². The zero-order valence-electron chi connectivity index (χ0n) is 13.3. The normalized spacial score (nSPS) is 15.7. The summed E-state index contributed by atoms with van der Waals surface area (Å²) in [6.07, 6.45) is 3.99. The Morgan fingerprint density at radius 3 is 2.83 bits per heavy atom. The third-order valence-corrected chi connectivity index (χ3v) is 4.14. The monoisotopic (exact) mass is 309 g/mol. The van der Waals surface area contributed by atoms with Gasteiger partial charge >= 0.3 is 0 Å². The molecule has 1 saturated heterocycles. The van der Waals surface area contributed by atoms with Crippen LogP contribution in [0.2, 0.25) is 0 Å². The molecule has 1 aliphatic rings. The molecule has 0 radical (unpaired) electrons. The van der Waals surface area contributed by atoms with Crippen molar-refractivity contribution >= 4 is 0 Å². The van der Waals surface area contributed by atoms with E-state index in [1.807, 2.05) is 23.0 Å². The van der Waals surface area contributed by atoms with Crippen molar-refractivity contribution in [3.8, 4) is 11.5 Å². The number of likely N-dealkylation sites (tertiary alicyclic amines) is 1. The fourth-order valence-electron chi connectivity index (χ4n) is 2.89. The molecular formula is C17H19N5O. The molecule has 0 bridgehead atoms. The second-order valence-corrected chi connectivity index (χ2v) is 6.23. The van der Waals surface area contributed by atoms with Crippen molar-refractivity contribution in [2.75, 3.05) is 13.1 Å². The molecule has 0 saturated carbocycles. The minimum Gasteiger partial charge on any atom is -0.334 e. The van der Waals surface area contributed by atoms with Gasteiger partial charge in [-0.15, -0.1) is 0 Å². The zero-order valence-corrected chi connectivity index (χ0v) is 13.3. The Hall–Kier alpha value is -2.47. The average Bonchev–Trinajstić information content (AvgIpc) is 3.11. The van der Waals surface area contributed by atoms with Crippen LogP contribution in [0.3, 0.4) is 0 Å². The maximum Gasteiger partial charge on any atom is 0.257 e. The predicted octanol–water partition coefficient (Wildman–Crippen LogP) is 2.61. The van der Waals surface area contributed by atoms with Crippen molar-refractivity contribution in [2.45, 2.75) is 26.4 Å². The summed E-state index contributed by atoms with van der Waals surface area (Å²) in [6, 6.07) is 8.55. The number of aromatic nitrogens is 4. The standard InChI is InChI=1S/C17H19N5O/c1-12-4-3-5-14(6-12)17-19-16(20-23-17)11-21-9-15(10-21)22-8-13(2)7-18-22/h3-8,15H,9-11H2,1-2H3. The molecule has 0 amide bonds. The second kappa shape index (κ2) is 5.62. The van der Waals surface area contributed by atoms with E-state index in [9.17, 15) is 0 Å². The molecule has 3 aromatic rings. The summed E-state index contributed by atoms with van der Waals surface area (Å²) in [5.41, 5.74) is 3.35. The predicted molar refractivity (Wildman–Crippen MR) is 85.7 cm³/mol. The molecule has 3 heterocycles. The number of benzene rings is 1. The smallest absolute Gasteiger partial charge is 0.257 e. The van der Waals surface area contributed by atoms with Crippen molar-refractivity contribution < 1.29 is 4.52 Å². The van der Waals surface area contributed by atoms with Gasteiger partial charge in [-0.25, -0.2) is 0 Å². The van der Waals surface area contributed by atoms with Crippen LogP contribution in [0.4, 0.5) is 0 Å². The van der Waals surface area contributed by atoms with Crippen LogP contribution in [-0.4, -0.2) is 37.9 Å². The zero-order chi connectivity index (χ0) is 15.8. The highest BCUT2D eigenvalue weighted by Gasteiger charge is 2.29. The lowest BCUT2D eigenvalue weighted by Crippen LogP contribution is -2.47. The van der Waals surface area contributed by atoms with Crippen LogP contribution in [0.5, 0.6) is 0 Å². The Bertz CT molecular complexity index is 816. The van der Waals surface area contributed by atoms with Crippen molar-refractivity contribution in [2.24, 2.45) is 0 Å². The maximum atomic E-state index is 5.38. The van der Waals surface area contributed by atoms with Gasteiger partial charge in [0.25, 0.3) is 5.89 Å². The first-order valence-corrected chi connectivity index (χ1v) is 7.80. The van der Waals surface area contributed by atoms with E-state index in [0.29, 0.717) is 18.5 Å². The van der Waals surface area contributed by atoms with Crippen LogP contribution >= 0.6 is 0 Å². The summed E-state index contributed by atoms with van der Waals surface area (Å²) in [5.74, 6) is 1.32. The molecule has 0 aliphatic carbocycles. The van der Waals surface area contributed by atoms with Crippen LogP contribution in [0, 0.1) is 13.8 Å². The summed E-state index contributed by atoms with van der Waals surface area (Å²) in [4.78, 5) is 6.80. The highest BCUT2D eigenvalue weighted by Crippen LogP contribution is 2.23. The number of rotatable bonds is 4. The number of nitrogens with zero attached hydrogens (tertiary/aromatic N) is 5. The highest BCUT2D eigenvalue weighted by molar-refractivity contribution is 5.53. The summed E-state index contributed by atoms with van der Waals surface area (Å²) in [5, 5.41) is 8.47. The quantitative estimate of drug-likeness (QED) is 0.741. The lowest BCUT2D eigenvalue weighted by molar-refractivity contribution is 0.0872. The molecule has 1 fully saturated rings. The summed E-state index contributed by atoms with van der Waals surface area (Å²) in [6.45, 7) is 6.76. The molecule has 0 atom stereocenters. The molecule has 1 aromatic carbocycles. The molecule has 118 valence electrons. The lowest BCUT2D eigenvalue weighted by atomic mass is 10.1. The van der Waals surface area contributed by atoms with Crippen LogP contribution in [0.25, 0.3) is 11.5 Å². The largest absolute Gasteiger partial charge is 0.334 e. The molecule has 0 unspecified atom stereocenters. The molecule has 0 N–H and O–H groups in total. The summed E-state index contributed by atoms with van der Waals surface area (Å²) < 4.78 is 7.43. The van der Waals surface area contributed by atoms with E-state index in [4.69, 9.17) is 4.52 Å². The Morgan fingerprint density at radius 1 is 1.22 bits per heavy atom. The third-order valence-electron chi connectivity index (χ3n) is 4.14. The second-order valence-electron chi connectivity index (χ2n) is 6.23. The van der Waals surface area contributed by atoms with E-state index >= 15 is 0 Å². The topological polar surface area (TPSA) is 60.0 Å². The van der Waals surface area contributed by atoms with Gasteiger partial charge in [0.1, 0.15) is 0 Å². The number of hydrogen-bond donors (Lipinski definition) is 0. The fraction of sp³-hybridized carbons (Fsp3) is 0.353. The molecule has 0 spiro atoms. The van der Waals surface area contributed by atoms with E-state index in [1.165, 1.54) is 11.1 Å². The van der Waals surface area contributed by atoms with Crippen LogP contribution < -0.4 is 0 Å². The maximum absolute atomic E-state index is 5.38. The Balaban J connectivity index is 1.38. The van der Waals surface area contributed by atoms with Gasteiger partial charge in [0.15, 0.2) is 5.82 Å². The fourth-order valence-corrected chi connectivity index (χ4v) is 2.89. The van der Waals surface area contributed by atoms with E-state index in [1.54, 1.807) is 0 Å².